The SMILES string of the molecule is O=C(NCCCCCCCl)c1cccc(F)c1. The van der Waals surface area contributed by atoms with Gasteiger partial charge in [-0.1, -0.05) is 18.9 Å². The van der Waals surface area contributed by atoms with E-state index in [2.05, 4.69) is 5.32 Å². The highest BCUT2D eigenvalue weighted by molar-refractivity contribution is 6.17. The van der Waals surface area contributed by atoms with Crippen molar-refractivity contribution in [1.82, 2.24) is 5.32 Å². The van der Waals surface area contributed by atoms with Crippen LogP contribution >= 0.6 is 11.6 Å². The van der Waals surface area contributed by atoms with E-state index in [-0.39, 0.29) is 11.7 Å². The number of benzene rings is 1. The van der Waals surface area contributed by atoms with Crippen molar-refractivity contribution in [2.75, 3.05) is 12.4 Å². The lowest BCUT2D eigenvalue weighted by molar-refractivity contribution is 0.0952. The zero-order chi connectivity index (χ0) is 12.5. The molecule has 0 unspecified atom stereocenters. The van der Waals surface area contributed by atoms with Crippen molar-refractivity contribution < 1.29 is 9.18 Å². The molecule has 1 aromatic rings. The first-order chi connectivity index (χ1) is 8.24. The standard InChI is InChI=1S/C13H17ClFNO/c14-8-3-1-2-4-9-16-13(17)11-6-5-7-12(15)10-11/h5-7,10H,1-4,8-9H2,(H,16,17). The second-order valence-electron chi connectivity index (χ2n) is 3.87. The number of halogens is 2. The van der Waals surface area contributed by atoms with Crippen LogP contribution in [0.3, 0.4) is 0 Å². The van der Waals surface area contributed by atoms with E-state index in [1.807, 2.05) is 0 Å². The Hall–Kier alpha value is -1.09. The van der Waals surface area contributed by atoms with Crippen LogP contribution in [0, 0.1) is 5.82 Å². The molecule has 0 aliphatic heterocycles. The molecule has 94 valence electrons. The third-order valence-corrected chi connectivity index (χ3v) is 2.70. The van der Waals surface area contributed by atoms with Gasteiger partial charge in [-0.25, -0.2) is 4.39 Å². The van der Waals surface area contributed by atoms with Crippen LogP contribution in [-0.4, -0.2) is 18.3 Å². The van der Waals surface area contributed by atoms with Gasteiger partial charge < -0.3 is 5.32 Å². The molecule has 0 aliphatic carbocycles. The van der Waals surface area contributed by atoms with Crippen LogP contribution in [0.25, 0.3) is 0 Å². The number of alkyl halides is 1. The maximum atomic E-state index is 12.9. The average molecular weight is 258 g/mol. The summed E-state index contributed by atoms with van der Waals surface area (Å²) in [5, 5.41) is 2.76. The van der Waals surface area contributed by atoms with Crippen LogP contribution in [0.5, 0.6) is 0 Å². The van der Waals surface area contributed by atoms with E-state index >= 15 is 0 Å². The van der Waals surface area contributed by atoms with Gasteiger partial charge in [0.25, 0.3) is 5.91 Å². The third-order valence-electron chi connectivity index (χ3n) is 2.43. The minimum Gasteiger partial charge on any atom is -0.352 e. The van der Waals surface area contributed by atoms with Gasteiger partial charge in [-0.3, -0.25) is 4.79 Å². The number of hydrogen-bond acceptors (Lipinski definition) is 1. The van der Waals surface area contributed by atoms with E-state index < -0.39 is 0 Å². The lowest BCUT2D eigenvalue weighted by Gasteiger charge is -2.05. The fraction of sp³-hybridized carbons (Fsp3) is 0.462. The molecule has 1 N–H and O–H groups in total. The van der Waals surface area contributed by atoms with E-state index in [1.54, 1.807) is 6.07 Å². The van der Waals surface area contributed by atoms with Gasteiger partial charge >= 0.3 is 0 Å². The number of carbonyl (C=O) groups excluding carboxylic acids is 1. The van der Waals surface area contributed by atoms with E-state index in [1.165, 1.54) is 18.2 Å². The molecular weight excluding hydrogens is 241 g/mol. The molecule has 0 saturated heterocycles. The van der Waals surface area contributed by atoms with Crippen molar-refractivity contribution in [1.29, 1.82) is 0 Å². The molecule has 0 bridgehead atoms. The zero-order valence-corrected chi connectivity index (χ0v) is 10.5. The van der Waals surface area contributed by atoms with Gasteiger partial charge in [0.15, 0.2) is 0 Å². The second-order valence-corrected chi connectivity index (χ2v) is 4.25. The van der Waals surface area contributed by atoms with E-state index in [0.717, 1.165) is 25.7 Å². The van der Waals surface area contributed by atoms with Crippen LogP contribution < -0.4 is 5.32 Å². The maximum absolute atomic E-state index is 12.9. The van der Waals surface area contributed by atoms with Crippen LogP contribution in [0.15, 0.2) is 24.3 Å². The molecule has 0 heterocycles. The molecule has 4 heteroatoms. The Kier molecular flexibility index (Phi) is 6.63. The fourth-order valence-electron chi connectivity index (χ4n) is 1.51. The molecule has 0 fully saturated rings. The summed E-state index contributed by atoms with van der Waals surface area (Å²) >= 11 is 5.55. The Morgan fingerprint density at radius 3 is 2.71 bits per heavy atom. The molecule has 0 spiro atoms. The van der Waals surface area contributed by atoms with Crippen molar-refractivity contribution >= 4 is 17.5 Å². The Morgan fingerprint density at radius 1 is 1.24 bits per heavy atom. The Bertz CT molecular complexity index is 357. The third kappa shape index (κ3) is 5.68. The largest absolute Gasteiger partial charge is 0.352 e. The molecule has 0 aliphatic rings. The summed E-state index contributed by atoms with van der Waals surface area (Å²) < 4.78 is 12.9. The predicted octanol–water partition coefficient (Wildman–Crippen LogP) is 3.35. The highest BCUT2D eigenvalue weighted by Gasteiger charge is 2.04. The fourth-order valence-corrected chi connectivity index (χ4v) is 1.70. The van der Waals surface area contributed by atoms with Crippen LogP contribution in [0.4, 0.5) is 4.39 Å². The molecule has 0 saturated carbocycles. The summed E-state index contributed by atoms with van der Waals surface area (Å²) in [5.74, 6) is 0.0805. The van der Waals surface area contributed by atoms with Crippen LogP contribution in [-0.2, 0) is 0 Å². The number of amides is 1. The van der Waals surface area contributed by atoms with E-state index in [0.29, 0.717) is 18.0 Å². The first-order valence-corrected chi connectivity index (χ1v) is 6.37. The normalized spacial score (nSPS) is 10.2. The minimum atomic E-state index is -0.389. The number of carbonyl (C=O) groups is 1. The smallest absolute Gasteiger partial charge is 0.251 e. The monoisotopic (exact) mass is 257 g/mol. The first kappa shape index (κ1) is 14.0. The van der Waals surface area contributed by atoms with Crippen LogP contribution in [0.1, 0.15) is 36.0 Å². The molecular formula is C13H17ClFNO. The summed E-state index contributed by atoms with van der Waals surface area (Å²) in [5.41, 5.74) is 0.366. The summed E-state index contributed by atoms with van der Waals surface area (Å²) in [6.45, 7) is 0.623. The van der Waals surface area contributed by atoms with Crippen molar-refractivity contribution in [2.45, 2.75) is 25.7 Å². The Balaban J connectivity index is 2.21. The summed E-state index contributed by atoms with van der Waals surface area (Å²) in [6.07, 6.45) is 4.08. The van der Waals surface area contributed by atoms with E-state index in [9.17, 15) is 9.18 Å². The highest BCUT2D eigenvalue weighted by atomic mass is 35.5. The van der Waals surface area contributed by atoms with Gasteiger partial charge in [0.1, 0.15) is 5.82 Å². The summed E-state index contributed by atoms with van der Waals surface area (Å²) in [6, 6.07) is 5.70. The molecule has 0 aromatic heterocycles. The second kappa shape index (κ2) is 8.07. The Labute approximate surface area is 106 Å². The highest BCUT2D eigenvalue weighted by Crippen LogP contribution is 2.04. The van der Waals surface area contributed by atoms with E-state index in [4.69, 9.17) is 11.6 Å². The van der Waals surface area contributed by atoms with Crippen molar-refractivity contribution in [3.63, 3.8) is 0 Å². The van der Waals surface area contributed by atoms with Gasteiger partial charge in [0, 0.05) is 18.0 Å². The Morgan fingerprint density at radius 2 is 2.00 bits per heavy atom. The first-order valence-electron chi connectivity index (χ1n) is 5.84. The minimum absolute atomic E-state index is 0.221. The molecule has 1 rings (SSSR count). The number of nitrogens with one attached hydrogen (secondary N) is 1. The van der Waals surface area contributed by atoms with Crippen molar-refractivity contribution in [2.24, 2.45) is 0 Å². The van der Waals surface area contributed by atoms with Gasteiger partial charge in [0.2, 0.25) is 0 Å². The lowest BCUT2D eigenvalue weighted by Crippen LogP contribution is -2.24. The quantitative estimate of drug-likeness (QED) is 0.589. The molecule has 0 atom stereocenters. The molecule has 0 radical (unpaired) electrons. The average Bonchev–Trinajstić information content (AvgIpc) is 2.33. The van der Waals surface area contributed by atoms with Gasteiger partial charge in [-0.05, 0) is 31.0 Å². The van der Waals surface area contributed by atoms with Crippen LogP contribution in [0.2, 0.25) is 0 Å². The molecule has 2 nitrogen and oxygen atoms in total. The molecule has 1 amide bonds. The van der Waals surface area contributed by atoms with Gasteiger partial charge in [0.05, 0.1) is 0 Å². The zero-order valence-electron chi connectivity index (χ0n) is 9.72. The molecule has 1 aromatic carbocycles. The summed E-state index contributed by atoms with van der Waals surface area (Å²) in [4.78, 5) is 11.6. The maximum Gasteiger partial charge on any atom is 0.251 e. The summed E-state index contributed by atoms with van der Waals surface area (Å²) in [7, 11) is 0. The number of rotatable bonds is 7. The lowest BCUT2D eigenvalue weighted by atomic mass is 10.2. The van der Waals surface area contributed by atoms with Crippen molar-refractivity contribution in [3.05, 3.63) is 35.6 Å². The van der Waals surface area contributed by atoms with Gasteiger partial charge in [-0.15, -0.1) is 11.6 Å². The predicted molar refractivity (Wildman–Crippen MR) is 67.9 cm³/mol. The topological polar surface area (TPSA) is 29.1 Å². The number of hydrogen-bond donors (Lipinski definition) is 1. The van der Waals surface area contributed by atoms with Crippen molar-refractivity contribution in [3.8, 4) is 0 Å². The molecule has 17 heavy (non-hydrogen) atoms. The van der Waals surface area contributed by atoms with Gasteiger partial charge in [-0.2, -0.15) is 0 Å². The number of unbranched alkanes of at least 4 members (excludes halogenated alkanes) is 3.